The van der Waals surface area contributed by atoms with E-state index in [1.165, 1.54) is 19.3 Å². The summed E-state index contributed by atoms with van der Waals surface area (Å²) < 4.78 is 0. The molecule has 0 fully saturated rings. The van der Waals surface area contributed by atoms with Gasteiger partial charge in [0.15, 0.2) is 0 Å². The van der Waals surface area contributed by atoms with Crippen LogP contribution in [0.4, 0.5) is 0 Å². The highest BCUT2D eigenvalue weighted by Crippen LogP contribution is 2.10. The van der Waals surface area contributed by atoms with Crippen LogP contribution in [0.3, 0.4) is 0 Å². The third-order valence-electron chi connectivity index (χ3n) is 1.57. The lowest BCUT2D eigenvalue weighted by atomic mass is 10.0. The SMILES string of the molecule is [CH2]C(CC)CCCCCl. The fraction of sp³-hybridized carbons (Fsp3) is 0.875. The molecule has 0 amide bonds. The molecule has 0 rings (SSSR count). The maximum Gasteiger partial charge on any atom is 0.0223 e. The Morgan fingerprint density at radius 3 is 2.56 bits per heavy atom. The first-order chi connectivity index (χ1) is 4.31. The van der Waals surface area contributed by atoms with Gasteiger partial charge in [0, 0.05) is 5.88 Å². The van der Waals surface area contributed by atoms with E-state index in [1.807, 2.05) is 0 Å². The molecule has 0 bridgehead atoms. The maximum atomic E-state index is 5.51. The molecule has 0 aliphatic carbocycles. The number of halogens is 1. The summed E-state index contributed by atoms with van der Waals surface area (Å²) in [5, 5.41) is 0. The van der Waals surface area contributed by atoms with E-state index in [-0.39, 0.29) is 0 Å². The van der Waals surface area contributed by atoms with E-state index in [0.29, 0.717) is 5.92 Å². The second kappa shape index (κ2) is 6.41. The van der Waals surface area contributed by atoms with Gasteiger partial charge in [-0.25, -0.2) is 0 Å². The molecule has 55 valence electrons. The highest BCUT2D eigenvalue weighted by atomic mass is 35.5. The first kappa shape index (κ1) is 9.29. The minimum absolute atomic E-state index is 0.646. The normalized spacial score (nSPS) is 13.7. The van der Waals surface area contributed by atoms with Gasteiger partial charge in [0.1, 0.15) is 0 Å². The molecule has 1 unspecified atom stereocenters. The third kappa shape index (κ3) is 6.17. The molecule has 0 aromatic carbocycles. The molecule has 1 radical (unpaired) electrons. The number of unbranched alkanes of at least 4 members (excludes halogenated alkanes) is 1. The van der Waals surface area contributed by atoms with Crippen molar-refractivity contribution in [3.8, 4) is 0 Å². The van der Waals surface area contributed by atoms with Crippen molar-refractivity contribution < 1.29 is 0 Å². The zero-order chi connectivity index (χ0) is 7.11. The molecule has 9 heavy (non-hydrogen) atoms. The summed E-state index contributed by atoms with van der Waals surface area (Å²) in [7, 11) is 0. The zero-order valence-corrected chi connectivity index (χ0v) is 6.95. The predicted molar refractivity (Wildman–Crippen MR) is 43.7 cm³/mol. The van der Waals surface area contributed by atoms with Crippen LogP contribution in [0.15, 0.2) is 0 Å². The Morgan fingerprint density at radius 1 is 1.44 bits per heavy atom. The van der Waals surface area contributed by atoms with Crippen molar-refractivity contribution in [3.05, 3.63) is 6.92 Å². The van der Waals surface area contributed by atoms with Crippen LogP contribution < -0.4 is 0 Å². The van der Waals surface area contributed by atoms with E-state index in [1.54, 1.807) is 0 Å². The van der Waals surface area contributed by atoms with Gasteiger partial charge in [-0.15, -0.1) is 11.6 Å². The summed E-state index contributed by atoms with van der Waals surface area (Å²) in [5.41, 5.74) is 0. The summed E-state index contributed by atoms with van der Waals surface area (Å²) in [4.78, 5) is 0. The second-order valence-electron chi connectivity index (χ2n) is 2.46. The van der Waals surface area contributed by atoms with Crippen LogP contribution in [0, 0.1) is 12.8 Å². The summed E-state index contributed by atoms with van der Waals surface area (Å²) in [5.74, 6) is 1.45. The average Bonchev–Trinajstić information content (AvgIpc) is 1.89. The molecule has 0 heterocycles. The number of alkyl halides is 1. The Kier molecular flexibility index (Phi) is 6.62. The first-order valence-corrected chi connectivity index (χ1v) is 4.23. The van der Waals surface area contributed by atoms with Crippen LogP contribution in [-0.4, -0.2) is 5.88 Å². The Bertz CT molecular complexity index is 52.5. The number of hydrogen-bond acceptors (Lipinski definition) is 0. The highest BCUT2D eigenvalue weighted by Gasteiger charge is 1.96. The van der Waals surface area contributed by atoms with E-state index in [0.717, 1.165) is 12.3 Å². The summed E-state index contributed by atoms with van der Waals surface area (Å²) in [6.07, 6.45) is 4.82. The van der Waals surface area contributed by atoms with Gasteiger partial charge in [-0.1, -0.05) is 33.1 Å². The molecule has 0 aromatic rings. The van der Waals surface area contributed by atoms with Crippen LogP contribution in [0.2, 0.25) is 0 Å². The van der Waals surface area contributed by atoms with Crippen molar-refractivity contribution in [3.63, 3.8) is 0 Å². The van der Waals surface area contributed by atoms with Gasteiger partial charge in [0.05, 0.1) is 0 Å². The first-order valence-electron chi connectivity index (χ1n) is 3.70. The van der Waals surface area contributed by atoms with Crippen molar-refractivity contribution in [2.24, 2.45) is 5.92 Å². The molecular weight excluding hydrogens is 132 g/mol. The molecular formula is C8H16Cl. The molecule has 0 aliphatic rings. The van der Waals surface area contributed by atoms with Gasteiger partial charge in [-0.05, 0) is 12.3 Å². The van der Waals surface area contributed by atoms with E-state index in [9.17, 15) is 0 Å². The zero-order valence-electron chi connectivity index (χ0n) is 6.20. The monoisotopic (exact) mass is 147 g/mol. The summed E-state index contributed by atoms with van der Waals surface area (Å²) in [6.45, 7) is 6.16. The quantitative estimate of drug-likeness (QED) is 0.414. The van der Waals surface area contributed by atoms with E-state index in [4.69, 9.17) is 11.6 Å². The van der Waals surface area contributed by atoms with E-state index < -0.39 is 0 Å². The topological polar surface area (TPSA) is 0 Å². The van der Waals surface area contributed by atoms with Crippen LogP contribution in [0.1, 0.15) is 32.6 Å². The minimum atomic E-state index is 0.646. The Balaban J connectivity index is 2.88. The fourth-order valence-corrected chi connectivity index (χ4v) is 0.921. The average molecular weight is 148 g/mol. The van der Waals surface area contributed by atoms with Crippen molar-refractivity contribution >= 4 is 11.6 Å². The van der Waals surface area contributed by atoms with Gasteiger partial charge in [-0.3, -0.25) is 0 Å². The molecule has 0 aromatic heterocycles. The van der Waals surface area contributed by atoms with E-state index in [2.05, 4.69) is 13.8 Å². The van der Waals surface area contributed by atoms with Crippen molar-refractivity contribution in [2.75, 3.05) is 5.88 Å². The van der Waals surface area contributed by atoms with Crippen LogP contribution in [-0.2, 0) is 0 Å². The number of hydrogen-bond donors (Lipinski definition) is 0. The van der Waals surface area contributed by atoms with Crippen molar-refractivity contribution in [1.29, 1.82) is 0 Å². The standard InChI is InChI=1S/C8H16Cl/c1-3-8(2)6-4-5-7-9/h8H,2-7H2,1H3. The van der Waals surface area contributed by atoms with Crippen molar-refractivity contribution in [2.45, 2.75) is 32.6 Å². The van der Waals surface area contributed by atoms with Crippen LogP contribution >= 0.6 is 11.6 Å². The largest absolute Gasteiger partial charge is 0.127 e. The third-order valence-corrected chi connectivity index (χ3v) is 1.84. The highest BCUT2D eigenvalue weighted by molar-refractivity contribution is 6.17. The lowest BCUT2D eigenvalue weighted by molar-refractivity contribution is 0.538. The maximum absolute atomic E-state index is 5.51. The lowest BCUT2D eigenvalue weighted by Crippen LogP contribution is -1.91. The molecule has 1 atom stereocenters. The Hall–Kier alpha value is 0.290. The van der Waals surface area contributed by atoms with Gasteiger partial charge in [0.2, 0.25) is 0 Å². The molecule has 1 heteroatoms. The molecule has 0 aliphatic heterocycles. The smallest absolute Gasteiger partial charge is 0.0223 e. The van der Waals surface area contributed by atoms with Gasteiger partial charge < -0.3 is 0 Å². The second-order valence-corrected chi connectivity index (χ2v) is 2.84. The van der Waals surface area contributed by atoms with Crippen LogP contribution in [0.25, 0.3) is 0 Å². The van der Waals surface area contributed by atoms with Gasteiger partial charge >= 0.3 is 0 Å². The Morgan fingerprint density at radius 2 is 2.11 bits per heavy atom. The predicted octanol–water partition coefficient (Wildman–Crippen LogP) is 3.26. The minimum Gasteiger partial charge on any atom is -0.127 e. The molecule has 0 nitrogen and oxygen atoms in total. The molecule has 0 N–H and O–H groups in total. The van der Waals surface area contributed by atoms with Gasteiger partial charge in [-0.2, -0.15) is 0 Å². The van der Waals surface area contributed by atoms with Crippen molar-refractivity contribution in [1.82, 2.24) is 0 Å². The Labute approximate surface area is 63.6 Å². The summed E-state index contributed by atoms with van der Waals surface area (Å²) in [6, 6.07) is 0. The molecule has 0 spiro atoms. The molecule has 0 saturated heterocycles. The summed E-state index contributed by atoms with van der Waals surface area (Å²) >= 11 is 5.51. The van der Waals surface area contributed by atoms with Gasteiger partial charge in [0.25, 0.3) is 0 Å². The molecule has 0 saturated carbocycles. The lowest BCUT2D eigenvalue weighted by Gasteiger charge is -2.05. The van der Waals surface area contributed by atoms with Crippen LogP contribution in [0.5, 0.6) is 0 Å². The fourth-order valence-electron chi connectivity index (χ4n) is 0.732. The number of rotatable bonds is 5. The van der Waals surface area contributed by atoms with E-state index >= 15 is 0 Å².